The van der Waals surface area contributed by atoms with Gasteiger partial charge in [0.15, 0.2) is 0 Å². The predicted octanol–water partition coefficient (Wildman–Crippen LogP) is 3.12. The van der Waals surface area contributed by atoms with E-state index >= 15 is 0 Å². The van der Waals surface area contributed by atoms with Gasteiger partial charge in [0.25, 0.3) is 0 Å². The molecule has 2 fully saturated rings. The van der Waals surface area contributed by atoms with Crippen molar-refractivity contribution in [1.82, 2.24) is 4.90 Å². The van der Waals surface area contributed by atoms with Crippen molar-refractivity contribution in [3.8, 4) is 0 Å². The molecule has 2 atom stereocenters. The summed E-state index contributed by atoms with van der Waals surface area (Å²) in [6.45, 7) is 3.39. The van der Waals surface area contributed by atoms with E-state index in [4.69, 9.17) is 5.41 Å². The van der Waals surface area contributed by atoms with E-state index in [9.17, 15) is 0 Å². The van der Waals surface area contributed by atoms with Crippen LogP contribution < -0.4 is 0 Å². The molecule has 3 heteroatoms. The minimum atomic E-state index is 0.683. The van der Waals surface area contributed by atoms with Crippen molar-refractivity contribution in [1.29, 1.82) is 5.41 Å². The van der Waals surface area contributed by atoms with Gasteiger partial charge in [0.1, 0.15) is 0 Å². The van der Waals surface area contributed by atoms with Gasteiger partial charge in [-0.2, -0.15) is 11.8 Å². The first-order chi connectivity index (χ1) is 7.33. The second-order valence-corrected chi connectivity index (χ2v) is 6.11. The molecule has 0 spiro atoms. The highest BCUT2D eigenvalue weighted by atomic mass is 32.2. The summed E-state index contributed by atoms with van der Waals surface area (Å²) < 4.78 is 0. The summed E-state index contributed by atoms with van der Waals surface area (Å²) in [6.07, 6.45) is 7.59. The summed E-state index contributed by atoms with van der Waals surface area (Å²) >= 11 is 2.10. The average Bonchev–Trinajstić information content (AvgIpc) is 2.67. The largest absolute Gasteiger partial charge is 0.356 e. The van der Waals surface area contributed by atoms with Crippen LogP contribution in [0.4, 0.5) is 0 Å². The second kappa shape index (κ2) is 5.24. The van der Waals surface area contributed by atoms with Crippen molar-refractivity contribution in [3.05, 3.63) is 0 Å². The van der Waals surface area contributed by atoms with Gasteiger partial charge in [0, 0.05) is 24.3 Å². The maximum atomic E-state index is 8.05. The van der Waals surface area contributed by atoms with Crippen LogP contribution in [0.5, 0.6) is 0 Å². The molecule has 1 saturated carbocycles. The number of rotatable bonds is 3. The molecule has 2 rings (SSSR count). The maximum Gasteiger partial charge on any atom is 0.0960 e. The van der Waals surface area contributed by atoms with E-state index in [2.05, 4.69) is 23.6 Å². The van der Waals surface area contributed by atoms with E-state index in [1.807, 2.05) is 0 Å². The molecule has 0 bridgehead atoms. The number of nitrogens with one attached hydrogen (secondary N) is 1. The van der Waals surface area contributed by atoms with Crippen molar-refractivity contribution in [2.45, 2.75) is 56.7 Å². The first kappa shape index (κ1) is 11.3. The fourth-order valence-electron chi connectivity index (χ4n) is 2.89. The van der Waals surface area contributed by atoms with E-state index in [0.717, 1.165) is 24.1 Å². The van der Waals surface area contributed by atoms with Crippen LogP contribution in [0, 0.1) is 5.41 Å². The van der Waals surface area contributed by atoms with Crippen LogP contribution in [0.25, 0.3) is 0 Å². The molecule has 1 N–H and O–H groups in total. The highest BCUT2D eigenvalue weighted by molar-refractivity contribution is 7.99. The van der Waals surface area contributed by atoms with Crippen molar-refractivity contribution in [2.24, 2.45) is 0 Å². The normalized spacial score (nSPS) is 32.3. The molecular weight excluding hydrogens is 204 g/mol. The minimum Gasteiger partial charge on any atom is -0.356 e. The SMILES string of the molecule is CCSC1CCCC1N1CCCCC1=N. The van der Waals surface area contributed by atoms with Gasteiger partial charge in [-0.3, -0.25) is 5.41 Å². The lowest BCUT2D eigenvalue weighted by atomic mass is 10.1. The number of amidine groups is 1. The molecule has 0 aromatic carbocycles. The summed E-state index contributed by atoms with van der Waals surface area (Å²) in [7, 11) is 0. The van der Waals surface area contributed by atoms with Gasteiger partial charge in [-0.25, -0.2) is 0 Å². The molecule has 1 aliphatic heterocycles. The third-order valence-corrected chi connectivity index (χ3v) is 4.92. The van der Waals surface area contributed by atoms with E-state index in [1.165, 1.54) is 37.9 Å². The Bertz CT molecular complexity index is 230. The summed E-state index contributed by atoms with van der Waals surface area (Å²) in [5, 5.41) is 8.85. The maximum absolute atomic E-state index is 8.05. The third kappa shape index (κ3) is 2.49. The molecule has 2 aliphatic rings. The van der Waals surface area contributed by atoms with Crippen molar-refractivity contribution >= 4 is 17.6 Å². The summed E-state index contributed by atoms with van der Waals surface area (Å²) in [5.41, 5.74) is 0. The standard InChI is InChI=1S/C12H22N2S/c1-2-15-11-7-5-6-10(11)14-9-4-3-8-12(14)13/h10-11,13H,2-9H2,1H3. The highest BCUT2D eigenvalue weighted by Crippen LogP contribution is 2.34. The summed E-state index contributed by atoms with van der Waals surface area (Å²) in [6, 6.07) is 0.683. The number of piperidine rings is 1. The number of likely N-dealkylation sites (tertiary alicyclic amines) is 1. The molecule has 0 amide bonds. The van der Waals surface area contributed by atoms with Gasteiger partial charge >= 0.3 is 0 Å². The second-order valence-electron chi connectivity index (χ2n) is 4.59. The first-order valence-electron chi connectivity index (χ1n) is 6.28. The molecule has 1 aliphatic carbocycles. The van der Waals surface area contributed by atoms with E-state index in [0.29, 0.717) is 6.04 Å². The van der Waals surface area contributed by atoms with Crippen LogP contribution in [-0.2, 0) is 0 Å². The fraction of sp³-hybridized carbons (Fsp3) is 0.917. The molecular formula is C12H22N2S. The van der Waals surface area contributed by atoms with Gasteiger partial charge in [0.05, 0.1) is 5.84 Å². The van der Waals surface area contributed by atoms with Crippen LogP contribution in [0.1, 0.15) is 45.4 Å². The average molecular weight is 226 g/mol. The Kier molecular flexibility index (Phi) is 3.95. The zero-order chi connectivity index (χ0) is 10.7. The van der Waals surface area contributed by atoms with E-state index < -0.39 is 0 Å². The lowest BCUT2D eigenvalue weighted by Gasteiger charge is -2.37. The lowest BCUT2D eigenvalue weighted by molar-refractivity contribution is 0.286. The van der Waals surface area contributed by atoms with Crippen molar-refractivity contribution in [2.75, 3.05) is 12.3 Å². The molecule has 0 aromatic rings. The Hall–Kier alpha value is -0.180. The Morgan fingerprint density at radius 1 is 1.33 bits per heavy atom. The minimum absolute atomic E-state index is 0.683. The topological polar surface area (TPSA) is 27.1 Å². The lowest BCUT2D eigenvalue weighted by Crippen LogP contribution is -2.45. The molecule has 2 unspecified atom stereocenters. The summed E-state index contributed by atoms with van der Waals surface area (Å²) in [5.74, 6) is 2.14. The molecule has 2 nitrogen and oxygen atoms in total. The van der Waals surface area contributed by atoms with Gasteiger partial charge < -0.3 is 4.90 Å². The number of hydrogen-bond donors (Lipinski definition) is 1. The van der Waals surface area contributed by atoms with E-state index in [-0.39, 0.29) is 0 Å². The van der Waals surface area contributed by atoms with Gasteiger partial charge in [-0.15, -0.1) is 0 Å². The van der Waals surface area contributed by atoms with Crippen molar-refractivity contribution in [3.63, 3.8) is 0 Å². The third-order valence-electron chi connectivity index (χ3n) is 3.61. The monoisotopic (exact) mass is 226 g/mol. The van der Waals surface area contributed by atoms with Gasteiger partial charge in [-0.1, -0.05) is 13.3 Å². The Labute approximate surface area is 97.3 Å². The fourth-order valence-corrected chi connectivity index (χ4v) is 4.16. The number of nitrogens with zero attached hydrogens (tertiary/aromatic N) is 1. The van der Waals surface area contributed by atoms with Crippen LogP contribution in [0.2, 0.25) is 0 Å². The highest BCUT2D eigenvalue weighted by Gasteiger charge is 2.33. The smallest absolute Gasteiger partial charge is 0.0960 e. The zero-order valence-corrected chi connectivity index (χ0v) is 10.5. The van der Waals surface area contributed by atoms with E-state index in [1.54, 1.807) is 0 Å². The zero-order valence-electron chi connectivity index (χ0n) is 9.67. The van der Waals surface area contributed by atoms with Gasteiger partial charge in [-0.05, 0) is 31.4 Å². The van der Waals surface area contributed by atoms with Crippen LogP contribution >= 0.6 is 11.8 Å². The van der Waals surface area contributed by atoms with Crippen LogP contribution in [-0.4, -0.2) is 34.3 Å². The quantitative estimate of drug-likeness (QED) is 0.800. The molecule has 0 aromatic heterocycles. The molecule has 1 saturated heterocycles. The Balaban J connectivity index is 1.98. The molecule has 15 heavy (non-hydrogen) atoms. The molecule has 0 radical (unpaired) electrons. The molecule has 86 valence electrons. The van der Waals surface area contributed by atoms with Crippen LogP contribution in [0.15, 0.2) is 0 Å². The predicted molar refractivity (Wildman–Crippen MR) is 67.8 cm³/mol. The Morgan fingerprint density at radius 2 is 2.20 bits per heavy atom. The first-order valence-corrected chi connectivity index (χ1v) is 7.33. The number of thioether (sulfide) groups is 1. The van der Waals surface area contributed by atoms with Crippen molar-refractivity contribution < 1.29 is 0 Å². The van der Waals surface area contributed by atoms with Gasteiger partial charge in [0.2, 0.25) is 0 Å². The Morgan fingerprint density at radius 3 is 2.93 bits per heavy atom. The van der Waals surface area contributed by atoms with Crippen LogP contribution in [0.3, 0.4) is 0 Å². The number of hydrogen-bond acceptors (Lipinski definition) is 2. The molecule has 1 heterocycles. The summed E-state index contributed by atoms with van der Waals surface area (Å²) in [4.78, 5) is 2.41.